The van der Waals surface area contributed by atoms with Crippen LogP contribution in [0.3, 0.4) is 0 Å². The largest absolute Gasteiger partial charge is 0.459 e. The number of nitrogens with zero attached hydrogens (tertiary/aromatic N) is 2. The molecule has 3 fully saturated rings. The first-order valence-corrected chi connectivity index (χ1v) is 19.8. The lowest BCUT2D eigenvalue weighted by molar-refractivity contribution is -0.322. The SMILES string of the molecule is CC[C@H]1OC(=O)[C@H](C)[C@@H](O[C@H]2C[C@@](C)(OC)C(C)(C)[C@H](C)O2)[C@H](C)[C@@H](O[C@@H]2O[C@H](C)C[C@H](N(C)C)[C@H]2O)C(C)(O)C[C@@H](C)CN(C)[C@H](C)[C@@H](O)[C@]1(C)O. The molecule has 13 nitrogen and oxygen atoms in total. The Balaban J connectivity index is 2.19. The molecule has 312 valence electrons. The van der Waals surface area contributed by atoms with Gasteiger partial charge in [0.05, 0.1) is 41.5 Å². The summed E-state index contributed by atoms with van der Waals surface area (Å²) in [6, 6.07) is -0.770. The average molecular weight is 761 g/mol. The number of esters is 1. The summed E-state index contributed by atoms with van der Waals surface area (Å²) in [5.74, 6) is -2.41. The Kier molecular flexibility index (Phi) is 15.5. The maximum absolute atomic E-state index is 14.3. The number of aliphatic hydroxyl groups excluding tert-OH is 2. The van der Waals surface area contributed by atoms with Gasteiger partial charge in [-0.05, 0) is 94.8 Å². The Labute approximate surface area is 319 Å². The number of ether oxygens (including phenoxy) is 6. The molecule has 3 saturated heterocycles. The van der Waals surface area contributed by atoms with Crippen LogP contribution in [-0.4, -0.2) is 155 Å². The van der Waals surface area contributed by atoms with Crippen molar-refractivity contribution in [3.63, 3.8) is 0 Å². The first kappa shape index (κ1) is 46.4. The third-order valence-electron chi connectivity index (χ3n) is 13.5. The lowest BCUT2D eigenvalue weighted by atomic mass is 9.68. The predicted molar refractivity (Wildman–Crippen MR) is 202 cm³/mol. The molecule has 0 aromatic heterocycles. The molecule has 53 heavy (non-hydrogen) atoms. The van der Waals surface area contributed by atoms with Gasteiger partial charge in [-0.3, -0.25) is 4.79 Å². The van der Waals surface area contributed by atoms with Crippen LogP contribution in [0.4, 0.5) is 0 Å². The molecular weight excluding hydrogens is 684 g/mol. The zero-order chi connectivity index (χ0) is 40.6. The van der Waals surface area contributed by atoms with Crippen molar-refractivity contribution in [3.05, 3.63) is 0 Å². The minimum absolute atomic E-state index is 0.118. The smallest absolute Gasteiger partial charge is 0.311 e. The van der Waals surface area contributed by atoms with Crippen LogP contribution < -0.4 is 0 Å². The van der Waals surface area contributed by atoms with E-state index in [1.165, 1.54) is 6.92 Å². The van der Waals surface area contributed by atoms with Gasteiger partial charge in [-0.1, -0.05) is 34.6 Å². The Morgan fingerprint density at radius 3 is 2.09 bits per heavy atom. The van der Waals surface area contributed by atoms with Gasteiger partial charge in [-0.15, -0.1) is 0 Å². The second-order valence-electron chi connectivity index (χ2n) is 18.3. The fraction of sp³-hybridized carbons (Fsp3) is 0.975. The van der Waals surface area contributed by atoms with Gasteiger partial charge in [0.2, 0.25) is 0 Å². The number of methoxy groups -OCH3 is 1. The van der Waals surface area contributed by atoms with Crippen LogP contribution in [0.1, 0.15) is 109 Å². The lowest BCUT2D eigenvalue weighted by Gasteiger charge is -2.53. The molecule has 4 N–H and O–H groups in total. The second kappa shape index (κ2) is 17.7. The fourth-order valence-corrected chi connectivity index (χ4v) is 9.03. The molecule has 0 radical (unpaired) electrons. The van der Waals surface area contributed by atoms with Crippen molar-refractivity contribution in [2.75, 3.05) is 34.8 Å². The Morgan fingerprint density at radius 1 is 0.943 bits per heavy atom. The van der Waals surface area contributed by atoms with Crippen molar-refractivity contribution in [3.8, 4) is 0 Å². The van der Waals surface area contributed by atoms with Crippen molar-refractivity contribution < 1.29 is 53.6 Å². The van der Waals surface area contributed by atoms with Crippen molar-refractivity contribution in [1.29, 1.82) is 0 Å². The highest BCUT2D eigenvalue weighted by atomic mass is 16.7. The summed E-state index contributed by atoms with van der Waals surface area (Å²) in [6.45, 7) is 23.0. The lowest BCUT2D eigenvalue weighted by Crippen LogP contribution is -2.61. The Hall–Kier alpha value is -0.970. The Bertz CT molecular complexity index is 1190. The van der Waals surface area contributed by atoms with E-state index in [-0.39, 0.29) is 42.4 Å². The topological polar surface area (TPSA) is 160 Å². The number of hydrogen-bond donors (Lipinski definition) is 4. The normalized spacial score (nSPS) is 48.5. The summed E-state index contributed by atoms with van der Waals surface area (Å²) >= 11 is 0. The summed E-state index contributed by atoms with van der Waals surface area (Å²) in [5.41, 5.74) is -4.31. The summed E-state index contributed by atoms with van der Waals surface area (Å²) in [6.07, 6.45) is -6.18. The van der Waals surface area contributed by atoms with Gasteiger partial charge in [-0.25, -0.2) is 0 Å². The van der Waals surface area contributed by atoms with Crippen LogP contribution in [0.25, 0.3) is 0 Å². The molecule has 13 heteroatoms. The molecule has 17 atom stereocenters. The number of hydrogen-bond acceptors (Lipinski definition) is 13. The van der Waals surface area contributed by atoms with Crippen LogP contribution in [0.2, 0.25) is 0 Å². The molecule has 0 aliphatic carbocycles. The quantitative estimate of drug-likeness (QED) is 0.280. The first-order valence-electron chi connectivity index (χ1n) is 19.8. The molecule has 3 rings (SSSR count). The van der Waals surface area contributed by atoms with Gasteiger partial charge in [0.1, 0.15) is 23.9 Å². The highest BCUT2D eigenvalue weighted by Gasteiger charge is 2.55. The number of carbonyl (C=O) groups excluding carboxylic acids is 1. The van der Waals surface area contributed by atoms with Gasteiger partial charge in [0.25, 0.3) is 0 Å². The van der Waals surface area contributed by atoms with E-state index in [1.807, 2.05) is 72.5 Å². The van der Waals surface area contributed by atoms with Gasteiger partial charge >= 0.3 is 5.97 Å². The van der Waals surface area contributed by atoms with Gasteiger partial charge in [-0.2, -0.15) is 0 Å². The molecule has 0 spiro atoms. The molecule has 3 aliphatic rings. The molecular formula is C40H76N2O11. The van der Waals surface area contributed by atoms with Crippen molar-refractivity contribution in [1.82, 2.24) is 9.80 Å². The maximum Gasteiger partial charge on any atom is 0.311 e. The van der Waals surface area contributed by atoms with E-state index < -0.39 is 83.7 Å². The minimum atomic E-state index is -1.78. The van der Waals surface area contributed by atoms with Gasteiger partial charge < -0.3 is 58.6 Å². The zero-order valence-corrected chi connectivity index (χ0v) is 35.7. The molecule has 0 aromatic rings. The van der Waals surface area contributed by atoms with Gasteiger partial charge in [0, 0.05) is 43.5 Å². The van der Waals surface area contributed by atoms with Crippen molar-refractivity contribution in [2.45, 2.75) is 193 Å². The monoisotopic (exact) mass is 761 g/mol. The van der Waals surface area contributed by atoms with E-state index in [0.717, 1.165) is 0 Å². The zero-order valence-electron chi connectivity index (χ0n) is 35.7. The third kappa shape index (κ3) is 9.95. The molecule has 1 unspecified atom stereocenters. The number of rotatable bonds is 7. The highest BCUT2D eigenvalue weighted by Crippen LogP contribution is 2.47. The number of likely N-dealkylation sites (N-methyl/N-ethyl adjacent to an activating group) is 2. The number of cyclic esters (lactones) is 1. The second-order valence-corrected chi connectivity index (χ2v) is 18.3. The molecule has 3 aliphatic heterocycles. The highest BCUT2D eigenvalue weighted by molar-refractivity contribution is 5.73. The van der Waals surface area contributed by atoms with Crippen LogP contribution in [0.5, 0.6) is 0 Å². The van der Waals surface area contributed by atoms with Crippen LogP contribution >= 0.6 is 0 Å². The van der Waals surface area contributed by atoms with E-state index in [1.54, 1.807) is 27.9 Å². The van der Waals surface area contributed by atoms with Crippen LogP contribution in [-0.2, 0) is 33.2 Å². The molecule has 0 saturated carbocycles. The van der Waals surface area contributed by atoms with E-state index in [9.17, 15) is 25.2 Å². The number of aliphatic hydroxyl groups is 4. The minimum Gasteiger partial charge on any atom is -0.459 e. The molecule has 3 heterocycles. The standard InChI is InChI=1S/C40H76N2O11/c1-17-29-40(12,47)33(44)26(6)42(15)21-22(2)19-38(10,46)34(53-36-31(43)28(41(13)14)18-23(3)49-36)24(4)32(25(5)35(45)51-29)52-30-20-39(11,48-16)37(8,9)27(7)50-30/h22-34,36,43-44,46-47H,17-21H2,1-16H3/t22-,23-,24+,25-,26-,27+,28+,29-,30+,31-,32+,33-,34-,36+,38?,39-,40-/m1/s1. The van der Waals surface area contributed by atoms with E-state index >= 15 is 0 Å². The van der Waals surface area contributed by atoms with Crippen LogP contribution in [0.15, 0.2) is 0 Å². The van der Waals surface area contributed by atoms with Crippen molar-refractivity contribution in [2.24, 2.45) is 23.2 Å². The van der Waals surface area contributed by atoms with Gasteiger partial charge in [0.15, 0.2) is 12.6 Å². The summed E-state index contributed by atoms with van der Waals surface area (Å²) in [5, 5.41) is 47.4. The third-order valence-corrected chi connectivity index (χ3v) is 13.5. The fourth-order valence-electron chi connectivity index (χ4n) is 9.03. The average Bonchev–Trinajstić information content (AvgIpc) is 3.06. The maximum atomic E-state index is 14.3. The Morgan fingerprint density at radius 2 is 1.55 bits per heavy atom. The number of carbonyl (C=O) groups is 1. The van der Waals surface area contributed by atoms with E-state index in [2.05, 4.69) is 13.8 Å². The molecule has 0 bridgehead atoms. The molecule has 0 amide bonds. The summed E-state index contributed by atoms with van der Waals surface area (Å²) < 4.78 is 38.5. The summed E-state index contributed by atoms with van der Waals surface area (Å²) in [7, 11) is 7.34. The van der Waals surface area contributed by atoms with Crippen LogP contribution in [0, 0.1) is 23.2 Å². The van der Waals surface area contributed by atoms with E-state index in [4.69, 9.17) is 28.4 Å². The summed E-state index contributed by atoms with van der Waals surface area (Å²) in [4.78, 5) is 18.2. The molecule has 0 aromatic carbocycles. The predicted octanol–water partition coefficient (Wildman–Crippen LogP) is 3.57. The van der Waals surface area contributed by atoms with Crippen molar-refractivity contribution >= 4 is 5.97 Å². The van der Waals surface area contributed by atoms with E-state index in [0.29, 0.717) is 19.4 Å². The first-order chi connectivity index (χ1) is 24.2.